The monoisotopic (exact) mass is 715 g/mol. The lowest BCUT2D eigenvalue weighted by Crippen LogP contribution is -2.41. The van der Waals surface area contributed by atoms with Crippen molar-refractivity contribution in [3.8, 4) is 23.3 Å². The highest BCUT2D eigenvalue weighted by atomic mass is 32.2. The fourth-order valence-corrected chi connectivity index (χ4v) is 8.06. The Morgan fingerprint density at radius 1 is 1.25 bits per heavy atom. The molecule has 51 heavy (non-hydrogen) atoms. The van der Waals surface area contributed by atoms with E-state index in [-0.39, 0.29) is 27.0 Å². The summed E-state index contributed by atoms with van der Waals surface area (Å²) in [6, 6.07) is 4.45. The molecule has 4 aliphatic rings. The molecule has 3 N–H and O–H groups in total. The number of aromatic nitrogens is 3. The summed E-state index contributed by atoms with van der Waals surface area (Å²) in [6.45, 7) is 14.6. The smallest absolute Gasteiger partial charge is 0.295 e. The van der Waals surface area contributed by atoms with Crippen LogP contribution in [0.1, 0.15) is 112 Å². The molecule has 3 aliphatic heterocycles. The Kier molecular flexibility index (Phi) is 13.0. The van der Waals surface area contributed by atoms with Gasteiger partial charge >= 0.3 is 0 Å². The van der Waals surface area contributed by atoms with Crippen molar-refractivity contribution in [2.24, 2.45) is 10.4 Å². The van der Waals surface area contributed by atoms with Crippen LogP contribution in [0, 0.1) is 38.5 Å². The van der Waals surface area contributed by atoms with Gasteiger partial charge in [0.25, 0.3) is 6.01 Å². The highest BCUT2D eigenvalue weighted by Crippen LogP contribution is 2.35. The number of aliphatic hydroxyl groups is 1. The number of nitrogens with one attached hydrogen (secondary N) is 2. The molecule has 274 valence electrons. The molecule has 11 heteroatoms. The number of benzene rings is 1. The Hall–Kier alpha value is -3.75. The fraction of sp³-hybridized carbons (Fsp3) is 0.575. The first-order valence-corrected chi connectivity index (χ1v) is 19.6. The van der Waals surface area contributed by atoms with Gasteiger partial charge in [0.1, 0.15) is 16.9 Å². The minimum atomic E-state index is -0.560. The van der Waals surface area contributed by atoms with Crippen LogP contribution in [-0.4, -0.2) is 56.9 Å². The molecule has 0 bridgehead atoms. The van der Waals surface area contributed by atoms with Gasteiger partial charge in [0, 0.05) is 40.2 Å². The molecule has 0 radical (unpaired) electrons. The van der Waals surface area contributed by atoms with E-state index in [9.17, 15) is 10.4 Å². The van der Waals surface area contributed by atoms with Crippen LogP contribution in [0.25, 0.3) is 22.9 Å². The van der Waals surface area contributed by atoms with E-state index in [2.05, 4.69) is 55.6 Å². The van der Waals surface area contributed by atoms with E-state index in [1.807, 2.05) is 19.1 Å². The molecule has 1 fully saturated rings. The molecule has 1 aromatic heterocycles. The van der Waals surface area contributed by atoms with E-state index in [0.717, 1.165) is 92.0 Å². The lowest BCUT2D eigenvalue weighted by molar-refractivity contribution is 0.125. The molecule has 1 aliphatic carbocycles. The summed E-state index contributed by atoms with van der Waals surface area (Å²) in [4.78, 5) is 20.8. The minimum Gasteiger partial charge on any atom is -0.464 e. The molecule has 5 rings (SSSR count). The Bertz CT molecular complexity index is 2040. The van der Waals surface area contributed by atoms with Crippen molar-refractivity contribution in [1.29, 1.82) is 10.7 Å². The summed E-state index contributed by atoms with van der Waals surface area (Å²) < 4.78 is 21.8. The summed E-state index contributed by atoms with van der Waals surface area (Å²) in [5.74, 6) is 0.158. The Morgan fingerprint density at radius 3 is 2.71 bits per heavy atom. The van der Waals surface area contributed by atoms with Crippen LogP contribution in [-0.2, 0) is 0 Å². The van der Waals surface area contributed by atoms with Gasteiger partial charge in [-0.25, -0.2) is 4.39 Å². The number of nitriles is 1. The number of halogens is 1. The summed E-state index contributed by atoms with van der Waals surface area (Å²) in [5, 5.41) is 32.2. The lowest BCUT2D eigenvalue weighted by atomic mass is 9.81. The van der Waals surface area contributed by atoms with Crippen molar-refractivity contribution in [2.45, 2.75) is 129 Å². The average Bonchev–Trinajstić information content (AvgIpc) is 3.48. The van der Waals surface area contributed by atoms with Crippen molar-refractivity contribution in [1.82, 2.24) is 15.0 Å². The van der Waals surface area contributed by atoms with Crippen molar-refractivity contribution in [3.05, 3.63) is 44.4 Å². The van der Waals surface area contributed by atoms with E-state index < -0.39 is 11.9 Å². The number of piperidine rings is 1. The second-order valence-electron chi connectivity index (χ2n) is 14.5. The largest absolute Gasteiger partial charge is 0.464 e. The molecule has 3 atom stereocenters. The molecule has 0 saturated carbocycles. The number of aliphatic hydroxyl groups excluding tert-OH is 1. The second kappa shape index (κ2) is 17.2. The first kappa shape index (κ1) is 38.5. The van der Waals surface area contributed by atoms with Crippen molar-refractivity contribution in [2.75, 3.05) is 24.6 Å². The molecular formula is C40H54FN7O2S. The number of pyridine rings is 1. The fourth-order valence-electron chi connectivity index (χ4n) is 7.16. The van der Waals surface area contributed by atoms with Crippen LogP contribution in [0.4, 0.5) is 10.2 Å². The summed E-state index contributed by atoms with van der Waals surface area (Å²) in [6.07, 6.45) is 14.3. The number of thioether (sulfide) groups is 1. The highest BCUT2D eigenvalue weighted by Gasteiger charge is 2.29. The lowest BCUT2D eigenvalue weighted by Gasteiger charge is -2.33. The van der Waals surface area contributed by atoms with E-state index in [1.54, 1.807) is 0 Å². The zero-order valence-corrected chi connectivity index (χ0v) is 32.0. The summed E-state index contributed by atoms with van der Waals surface area (Å²) in [5.41, 5.74) is 1.68. The molecule has 0 spiro atoms. The third-order valence-corrected chi connectivity index (χ3v) is 11.3. The predicted molar refractivity (Wildman–Crippen MR) is 204 cm³/mol. The number of fused-ring (bicyclic) bond motifs is 2. The van der Waals surface area contributed by atoms with Crippen LogP contribution in [0.15, 0.2) is 22.2 Å². The van der Waals surface area contributed by atoms with E-state index in [4.69, 9.17) is 20.1 Å². The van der Waals surface area contributed by atoms with Gasteiger partial charge in [-0.1, -0.05) is 84.1 Å². The van der Waals surface area contributed by atoms with Crippen molar-refractivity contribution < 1.29 is 14.2 Å². The number of H-pyrrole nitrogens is 1. The number of ether oxygens (including phenoxy) is 1. The van der Waals surface area contributed by atoms with Crippen LogP contribution in [0.3, 0.4) is 0 Å². The zero-order valence-electron chi connectivity index (χ0n) is 31.2. The van der Waals surface area contributed by atoms with E-state index in [1.165, 1.54) is 25.5 Å². The van der Waals surface area contributed by atoms with Crippen LogP contribution < -0.4 is 25.4 Å². The maximum Gasteiger partial charge on any atom is 0.295 e. The molecule has 1 saturated heterocycles. The maximum atomic E-state index is 15.2. The first-order valence-electron chi connectivity index (χ1n) is 18.8. The number of anilines is 1. The molecule has 1 aromatic rings. The number of hydrogen-bond donors (Lipinski definition) is 3. The predicted octanol–water partition coefficient (Wildman–Crippen LogP) is 7.10. The number of aromatic amines is 1. The van der Waals surface area contributed by atoms with Crippen molar-refractivity contribution in [3.63, 3.8) is 0 Å². The molecular weight excluding hydrogens is 662 g/mol. The maximum absolute atomic E-state index is 15.2. The van der Waals surface area contributed by atoms with Gasteiger partial charge in [-0.05, 0) is 52.0 Å². The number of unbranched alkanes of at least 4 members (excludes halogenated alkanes) is 4. The average molecular weight is 716 g/mol. The summed E-state index contributed by atoms with van der Waals surface area (Å²) >= 11 is 0.945. The molecule has 4 heterocycles. The summed E-state index contributed by atoms with van der Waals surface area (Å²) in [7, 11) is 0. The standard InChI is InChI=1S/C40H54FN7O2S/c1-7-11-13-14-18-40(6,17-12-8-2)24-50-39-46-31-20-28(35-33-29(21-42)37(43)51-36(33)30(41)22-44-35)34(45-25(5)9-3)27(10-4)32(31)38(47-39)48-19-15-16-26(49)23-48/h10,20,22,25-26,43,49H,7-9,11-19,23-24H2,1-6H3,(H,46,47)/b27-10-,35-28+,43-37?,45-34?. The van der Waals surface area contributed by atoms with Gasteiger partial charge in [0.05, 0.1) is 51.3 Å². The van der Waals surface area contributed by atoms with Crippen LogP contribution >= 0.6 is 11.8 Å². The zero-order chi connectivity index (χ0) is 36.7. The van der Waals surface area contributed by atoms with Gasteiger partial charge in [-0.3, -0.25) is 15.4 Å². The molecule has 0 amide bonds. The highest BCUT2D eigenvalue weighted by molar-refractivity contribution is 8.15. The quantitative estimate of drug-likeness (QED) is 0.152. The molecule has 9 nitrogen and oxygen atoms in total. The number of nitrogens with zero attached hydrogens (tertiary/aromatic N) is 5. The number of rotatable bonds is 14. The van der Waals surface area contributed by atoms with E-state index >= 15 is 4.39 Å². The third kappa shape index (κ3) is 8.49. The SMILES string of the molecule is C/C=c1/c2c(N3CCCC(O)C3)nc(OCC(C)(CCCC)CCCCCC)[nH]c-2c/c(=c2\ncc(F)c3c2=C(C#N)C(=N)S3)c1=NC(C)CC. The minimum absolute atomic E-state index is 0.00217. The topological polar surface area (TPSA) is 134 Å². The normalized spacial score (nSPS) is 19.4. The molecule has 0 aromatic carbocycles. The molecule has 3 unspecified atom stereocenters. The number of β-amino-alcohol motifs (C(OH)–C–C–N with tert-alkyl or cyclic N) is 1. The first-order chi connectivity index (χ1) is 24.6. The van der Waals surface area contributed by atoms with Crippen molar-refractivity contribution >= 4 is 34.3 Å². The van der Waals surface area contributed by atoms with Gasteiger partial charge < -0.3 is 19.7 Å². The third-order valence-electron chi connectivity index (χ3n) is 10.3. The van der Waals surface area contributed by atoms with Gasteiger partial charge in [0.2, 0.25) is 0 Å². The second-order valence-corrected chi connectivity index (χ2v) is 15.5. The Labute approximate surface area is 305 Å². The van der Waals surface area contributed by atoms with Crippen LogP contribution in [0.2, 0.25) is 0 Å². The van der Waals surface area contributed by atoms with Crippen LogP contribution in [0.5, 0.6) is 6.01 Å². The Morgan fingerprint density at radius 2 is 2.02 bits per heavy atom. The van der Waals surface area contributed by atoms with Gasteiger partial charge in [0.15, 0.2) is 5.82 Å². The number of hydrogen-bond acceptors (Lipinski definition) is 9. The van der Waals surface area contributed by atoms with Gasteiger partial charge in [-0.2, -0.15) is 10.2 Å². The van der Waals surface area contributed by atoms with E-state index in [0.29, 0.717) is 40.3 Å². The Balaban J connectivity index is 1.84. The van der Waals surface area contributed by atoms with Gasteiger partial charge in [-0.15, -0.1) is 0 Å².